The van der Waals surface area contributed by atoms with E-state index in [-0.39, 0.29) is 12.2 Å². The smallest absolute Gasteiger partial charge is 0.204 e. The fraction of sp³-hybridized carbons (Fsp3) is 0.545. The summed E-state index contributed by atoms with van der Waals surface area (Å²) in [6, 6.07) is 1.76. The molecule has 4 nitrogen and oxygen atoms in total. The zero-order valence-corrected chi connectivity index (χ0v) is 9.65. The van der Waals surface area contributed by atoms with E-state index >= 15 is 0 Å². The average molecular weight is 210 g/mol. The molecule has 0 bridgehead atoms. The van der Waals surface area contributed by atoms with E-state index in [2.05, 4.69) is 4.98 Å². The lowest BCUT2D eigenvalue weighted by Crippen LogP contribution is -2.12. The van der Waals surface area contributed by atoms with Crippen molar-refractivity contribution in [1.82, 2.24) is 4.98 Å². The van der Waals surface area contributed by atoms with Gasteiger partial charge in [0.1, 0.15) is 0 Å². The minimum Gasteiger partial charge on any atom is -0.487 e. The molecule has 0 spiro atoms. The molecule has 1 rings (SSSR count). The van der Waals surface area contributed by atoms with Crippen molar-refractivity contribution in [2.45, 2.75) is 39.9 Å². The van der Waals surface area contributed by atoms with Crippen LogP contribution >= 0.6 is 0 Å². The number of nitrogen functional groups attached to an aromatic ring is 1. The van der Waals surface area contributed by atoms with Crippen LogP contribution in [0.1, 0.15) is 27.7 Å². The van der Waals surface area contributed by atoms with E-state index < -0.39 is 0 Å². The van der Waals surface area contributed by atoms with Crippen molar-refractivity contribution < 1.29 is 9.47 Å². The maximum Gasteiger partial charge on any atom is 0.204 e. The topological polar surface area (TPSA) is 57.4 Å². The Morgan fingerprint density at radius 3 is 2.27 bits per heavy atom. The molecule has 1 heterocycles. The molecule has 84 valence electrons. The minimum atomic E-state index is 0.0472. The van der Waals surface area contributed by atoms with Crippen LogP contribution in [0.15, 0.2) is 12.3 Å². The highest BCUT2D eigenvalue weighted by atomic mass is 16.5. The average Bonchev–Trinajstić information content (AvgIpc) is 2.09. The van der Waals surface area contributed by atoms with Gasteiger partial charge in [-0.1, -0.05) is 0 Å². The van der Waals surface area contributed by atoms with Gasteiger partial charge in [-0.25, -0.2) is 4.98 Å². The summed E-state index contributed by atoms with van der Waals surface area (Å²) >= 11 is 0. The molecule has 0 aliphatic heterocycles. The van der Waals surface area contributed by atoms with Gasteiger partial charge in [-0.3, -0.25) is 0 Å². The first-order chi connectivity index (χ1) is 7.00. The minimum absolute atomic E-state index is 0.0472. The first kappa shape index (κ1) is 11.6. The van der Waals surface area contributed by atoms with Crippen LogP contribution in [0.2, 0.25) is 0 Å². The van der Waals surface area contributed by atoms with Crippen LogP contribution in [0.5, 0.6) is 11.5 Å². The van der Waals surface area contributed by atoms with E-state index in [9.17, 15) is 0 Å². The van der Waals surface area contributed by atoms with Crippen LogP contribution in [-0.2, 0) is 0 Å². The Balaban J connectivity index is 2.97. The van der Waals surface area contributed by atoms with Gasteiger partial charge in [0.15, 0.2) is 11.6 Å². The standard InChI is InChI=1S/C11H18N2O2/c1-7(2)14-9-5-6-13-11(12)10(9)15-8(3)4/h5-8H,1-4H3,(H2,12,13). The van der Waals surface area contributed by atoms with Crippen LogP contribution in [0, 0.1) is 0 Å². The number of pyridine rings is 1. The van der Waals surface area contributed by atoms with E-state index in [0.29, 0.717) is 17.3 Å². The van der Waals surface area contributed by atoms with E-state index in [0.717, 1.165) is 0 Å². The van der Waals surface area contributed by atoms with Crippen LogP contribution in [0.25, 0.3) is 0 Å². The van der Waals surface area contributed by atoms with Crippen LogP contribution in [0.4, 0.5) is 5.82 Å². The van der Waals surface area contributed by atoms with Gasteiger partial charge < -0.3 is 15.2 Å². The van der Waals surface area contributed by atoms with Gasteiger partial charge in [-0.05, 0) is 27.7 Å². The SMILES string of the molecule is CC(C)Oc1ccnc(N)c1OC(C)C. The lowest BCUT2D eigenvalue weighted by Gasteiger charge is -2.17. The monoisotopic (exact) mass is 210 g/mol. The highest BCUT2D eigenvalue weighted by Gasteiger charge is 2.12. The van der Waals surface area contributed by atoms with E-state index in [1.807, 2.05) is 27.7 Å². The van der Waals surface area contributed by atoms with Crippen molar-refractivity contribution in [2.75, 3.05) is 5.73 Å². The van der Waals surface area contributed by atoms with Gasteiger partial charge in [0.25, 0.3) is 0 Å². The predicted octanol–water partition coefficient (Wildman–Crippen LogP) is 2.24. The summed E-state index contributed by atoms with van der Waals surface area (Å²) in [4.78, 5) is 3.97. The Bertz CT molecular complexity index is 324. The van der Waals surface area contributed by atoms with E-state index in [4.69, 9.17) is 15.2 Å². The zero-order valence-electron chi connectivity index (χ0n) is 9.65. The Hall–Kier alpha value is -1.45. The number of nitrogens with two attached hydrogens (primary N) is 1. The molecule has 0 unspecified atom stereocenters. The third-order valence-corrected chi connectivity index (χ3v) is 1.61. The molecule has 4 heteroatoms. The van der Waals surface area contributed by atoms with Gasteiger partial charge >= 0.3 is 0 Å². The molecule has 0 saturated carbocycles. The number of nitrogens with zero attached hydrogens (tertiary/aromatic N) is 1. The summed E-state index contributed by atoms with van der Waals surface area (Å²) in [6.07, 6.45) is 1.74. The van der Waals surface area contributed by atoms with Crippen LogP contribution < -0.4 is 15.2 Å². The van der Waals surface area contributed by atoms with E-state index in [1.165, 1.54) is 0 Å². The Kier molecular flexibility index (Phi) is 3.77. The Labute approximate surface area is 90.4 Å². The summed E-state index contributed by atoms with van der Waals surface area (Å²) in [6.45, 7) is 7.78. The van der Waals surface area contributed by atoms with Gasteiger partial charge in [-0.2, -0.15) is 0 Å². The highest BCUT2D eigenvalue weighted by molar-refractivity contribution is 5.55. The fourth-order valence-electron chi connectivity index (χ4n) is 1.15. The second kappa shape index (κ2) is 4.87. The lowest BCUT2D eigenvalue weighted by atomic mass is 10.3. The maximum atomic E-state index is 5.73. The molecule has 0 amide bonds. The van der Waals surface area contributed by atoms with Gasteiger partial charge in [-0.15, -0.1) is 0 Å². The van der Waals surface area contributed by atoms with Crippen molar-refractivity contribution in [3.05, 3.63) is 12.3 Å². The summed E-state index contributed by atoms with van der Waals surface area (Å²) in [5.41, 5.74) is 5.73. The van der Waals surface area contributed by atoms with Gasteiger partial charge in [0.05, 0.1) is 12.2 Å². The predicted molar refractivity (Wildman–Crippen MR) is 60.2 cm³/mol. The summed E-state index contributed by atoms with van der Waals surface area (Å²) in [7, 11) is 0. The molecule has 0 radical (unpaired) electrons. The van der Waals surface area contributed by atoms with E-state index in [1.54, 1.807) is 12.3 Å². The molecule has 0 aliphatic carbocycles. The van der Waals surface area contributed by atoms with Crippen LogP contribution in [-0.4, -0.2) is 17.2 Å². The van der Waals surface area contributed by atoms with Crippen molar-refractivity contribution in [3.63, 3.8) is 0 Å². The molecular formula is C11H18N2O2. The van der Waals surface area contributed by atoms with Gasteiger partial charge in [0, 0.05) is 12.3 Å². The number of rotatable bonds is 4. The zero-order chi connectivity index (χ0) is 11.4. The Morgan fingerprint density at radius 2 is 1.73 bits per heavy atom. The summed E-state index contributed by atoms with van der Waals surface area (Å²) < 4.78 is 11.1. The molecule has 1 aromatic rings. The fourth-order valence-corrected chi connectivity index (χ4v) is 1.15. The number of hydrogen-bond acceptors (Lipinski definition) is 4. The van der Waals surface area contributed by atoms with Crippen LogP contribution in [0.3, 0.4) is 0 Å². The van der Waals surface area contributed by atoms with Crippen molar-refractivity contribution >= 4 is 5.82 Å². The molecule has 15 heavy (non-hydrogen) atoms. The molecule has 0 aromatic carbocycles. The molecule has 2 N–H and O–H groups in total. The number of anilines is 1. The number of hydrogen-bond donors (Lipinski definition) is 1. The second-order valence-electron chi connectivity index (χ2n) is 3.86. The number of ether oxygens (including phenoxy) is 2. The lowest BCUT2D eigenvalue weighted by molar-refractivity contribution is 0.199. The molecule has 0 atom stereocenters. The summed E-state index contributed by atoms with van der Waals surface area (Å²) in [5.74, 6) is 1.54. The van der Waals surface area contributed by atoms with Crippen molar-refractivity contribution in [1.29, 1.82) is 0 Å². The first-order valence-corrected chi connectivity index (χ1v) is 5.08. The normalized spacial score (nSPS) is 10.8. The maximum absolute atomic E-state index is 5.73. The third-order valence-electron chi connectivity index (χ3n) is 1.61. The van der Waals surface area contributed by atoms with Gasteiger partial charge in [0.2, 0.25) is 5.75 Å². The molecule has 1 aromatic heterocycles. The molecular weight excluding hydrogens is 192 g/mol. The molecule has 0 saturated heterocycles. The summed E-state index contributed by atoms with van der Waals surface area (Å²) in [5, 5.41) is 0. The second-order valence-corrected chi connectivity index (χ2v) is 3.86. The molecule has 0 fully saturated rings. The first-order valence-electron chi connectivity index (χ1n) is 5.08. The van der Waals surface area contributed by atoms with Crippen molar-refractivity contribution in [3.8, 4) is 11.5 Å². The van der Waals surface area contributed by atoms with Crippen molar-refractivity contribution in [2.24, 2.45) is 0 Å². The number of aromatic nitrogens is 1. The quantitative estimate of drug-likeness (QED) is 0.828. The largest absolute Gasteiger partial charge is 0.487 e. The Morgan fingerprint density at radius 1 is 1.13 bits per heavy atom. The molecule has 0 aliphatic rings. The highest BCUT2D eigenvalue weighted by Crippen LogP contribution is 2.32. The third kappa shape index (κ3) is 3.31.